The van der Waals surface area contributed by atoms with Crippen LogP contribution in [0.15, 0.2) is 71.5 Å². The Hall–Kier alpha value is -4.26. The zero-order valence-corrected chi connectivity index (χ0v) is 19.5. The van der Waals surface area contributed by atoms with Crippen LogP contribution in [0.3, 0.4) is 0 Å². The number of pyridine rings is 1. The number of nitrogens with one attached hydrogen (secondary N) is 1. The van der Waals surface area contributed by atoms with Gasteiger partial charge in [0.25, 0.3) is 11.5 Å². The number of H-pyrrole nitrogens is 1. The van der Waals surface area contributed by atoms with Crippen molar-refractivity contribution in [2.75, 3.05) is 26.2 Å². The van der Waals surface area contributed by atoms with E-state index in [1.54, 1.807) is 17.0 Å². The number of fused-ring (bicyclic) bond motifs is 1. The minimum absolute atomic E-state index is 0.0821. The van der Waals surface area contributed by atoms with E-state index in [-0.39, 0.29) is 18.0 Å². The lowest BCUT2D eigenvalue weighted by Gasteiger charge is -2.24. The molecule has 7 heteroatoms. The summed E-state index contributed by atoms with van der Waals surface area (Å²) in [4.78, 5) is 31.1. The number of ether oxygens (including phenoxy) is 3. The molecule has 1 amide bonds. The maximum absolute atomic E-state index is 13.8. The predicted octanol–water partition coefficient (Wildman–Crippen LogP) is 4.71. The third kappa shape index (κ3) is 4.45. The first-order valence-corrected chi connectivity index (χ1v) is 10.7. The summed E-state index contributed by atoms with van der Waals surface area (Å²) in [5, 5.41) is 0.905. The normalized spacial score (nSPS) is 10.7. The largest absolute Gasteiger partial charge is 0.493 e. The minimum atomic E-state index is -0.311. The van der Waals surface area contributed by atoms with Gasteiger partial charge in [0.2, 0.25) is 5.75 Å². The Morgan fingerprint density at radius 1 is 0.882 bits per heavy atom. The number of para-hydroxylation sites is 1. The number of aryl methyl sites for hydroxylation is 1. The molecule has 0 unspecified atom stereocenters. The average Bonchev–Trinajstić information content (AvgIpc) is 2.86. The Labute approximate surface area is 197 Å². The Balaban J connectivity index is 1.81. The number of carbonyl (C=O) groups is 1. The second-order valence-corrected chi connectivity index (χ2v) is 7.86. The quantitative estimate of drug-likeness (QED) is 0.434. The van der Waals surface area contributed by atoms with Gasteiger partial charge in [-0.2, -0.15) is 0 Å². The number of rotatable bonds is 7. The Morgan fingerprint density at radius 3 is 2.18 bits per heavy atom. The molecule has 1 aromatic heterocycles. The topological polar surface area (TPSA) is 80.9 Å². The zero-order chi connectivity index (χ0) is 24.2. The fraction of sp³-hybridized carbons (Fsp3) is 0.185. The Kier molecular flexibility index (Phi) is 6.54. The number of carbonyl (C=O) groups excluding carboxylic acids is 1. The van der Waals surface area contributed by atoms with Crippen molar-refractivity contribution in [1.82, 2.24) is 4.98 Å². The van der Waals surface area contributed by atoms with E-state index in [9.17, 15) is 9.59 Å². The number of anilines is 1. The van der Waals surface area contributed by atoms with Gasteiger partial charge in [0, 0.05) is 22.3 Å². The van der Waals surface area contributed by atoms with Crippen molar-refractivity contribution >= 4 is 22.5 Å². The fourth-order valence-electron chi connectivity index (χ4n) is 3.91. The van der Waals surface area contributed by atoms with Gasteiger partial charge in [-0.3, -0.25) is 9.59 Å². The summed E-state index contributed by atoms with van der Waals surface area (Å²) in [5.74, 6) is 0.831. The maximum atomic E-state index is 13.8. The van der Waals surface area contributed by atoms with Crippen LogP contribution in [0.1, 0.15) is 21.5 Å². The first-order chi connectivity index (χ1) is 16.4. The van der Waals surface area contributed by atoms with Gasteiger partial charge in [-0.25, -0.2) is 0 Å². The summed E-state index contributed by atoms with van der Waals surface area (Å²) in [7, 11) is 4.50. The molecule has 3 aromatic carbocycles. The number of nitrogens with zero attached hydrogens (tertiary/aromatic N) is 1. The highest BCUT2D eigenvalue weighted by atomic mass is 16.5. The lowest BCUT2D eigenvalue weighted by molar-refractivity contribution is 0.0984. The van der Waals surface area contributed by atoms with Crippen molar-refractivity contribution in [3.8, 4) is 17.2 Å². The van der Waals surface area contributed by atoms with Crippen molar-refractivity contribution in [1.29, 1.82) is 0 Å². The van der Waals surface area contributed by atoms with Gasteiger partial charge < -0.3 is 24.1 Å². The van der Waals surface area contributed by atoms with E-state index in [1.807, 2.05) is 61.5 Å². The van der Waals surface area contributed by atoms with Crippen molar-refractivity contribution < 1.29 is 19.0 Å². The van der Waals surface area contributed by atoms with E-state index in [0.29, 0.717) is 34.1 Å². The molecule has 7 nitrogen and oxygen atoms in total. The molecule has 0 aliphatic rings. The molecule has 0 saturated carbocycles. The highest BCUT2D eigenvalue weighted by Crippen LogP contribution is 2.38. The molecule has 4 rings (SSSR count). The maximum Gasteiger partial charge on any atom is 0.258 e. The molecule has 0 radical (unpaired) electrons. The van der Waals surface area contributed by atoms with Crippen molar-refractivity contribution in [3.63, 3.8) is 0 Å². The summed E-state index contributed by atoms with van der Waals surface area (Å²) in [6, 6.07) is 20.1. The second kappa shape index (κ2) is 9.70. The SMILES string of the molecule is COc1cc(C(=O)N(Cc2cc3cc(C)ccc3[nH]c2=O)c2ccccc2)cc(OC)c1OC. The van der Waals surface area contributed by atoms with E-state index >= 15 is 0 Å². The molecule has 0 bridgehead atoms. The number of hydrogen-bond donors (Lipinski definition) is 1. The monoisotopic (exact) mass is 458 g/mol. The summed E-state index contributed by atoms with van der Waals surface area (Å²) < 4.78 is 16.2. The molecular weight excluding hydrogens is 432 g/mol. The number of methoxy groups -OCH3 is 3. The molecule has 4 aromatic rings. The summed E-state index contributed by atoms with van der Waals surface area (Å²) in [6.07, 6.45) is 0. The number of hydrogen-bond acceptors (Lipinski definition) is 5. The van der Waals surface area contributed by atoms with E-state index in [1.165, 1.54) is 21.3 Å². The van der Waals surface area contributed by atoms with Crippen LogP contribution in [-0.4, -0.2) is 32.2 Å². The molecule has 174 valence electrons. The van der Waals surface area contributed by atoms with Crippen LogP contribution in [-0.2, 0) is 6.54 Å². The highest BCUT2D eigenvalue weighted by Gasteiger charge is 2.23. The molecule has 34 heavy (non-hydrogen) atoms. The predicted molar refractivity (Wildman–Crippen MR) is 132 cm³/mol. The lowest BCUT2D eigenvalue weighted by Crippen LogP contribution is -2.33. The van der Waals surface area contributed by atoms with Crippen molar-refractivity contribution in [2.45, 2.75) is 13.5 Å². The Bertz CT molecular complexity index is 1370. The highest BCUT2D eigenvalue weighted by molar-refractivity contribution is 6.06. The van der Waals surface area contributed by atoms with Crippen LogP contribution in [0, 0.1) is 6.92 Å². The van der Waals surface area contributed by atoms with Gasteiger partial charge in [0.1, 0.15) is 0 Å². The third-order valence-corrected chi connectivity index (χ3v) is 5.63. The molecule has 0 aliphatic carbocycles. The van der Waals surface area contributed by atoms with Gasteiger partial charge in [0.15, 0.2) is 11.5 Å². The number of aromatic amines is 1. The van der Waals surface area contributed by atoms with Crippen LogP contribution < -0.4 is 24.7 Å². The zero-order valence-electron chi connectivity index (χ0n) is 19.5. The molecule has 0 spiro atoms. The smallest absolute Gasteiger partial charge is 0.258 e. The molecule has 0 atom stereocenters. The van der Waals surface area contributed by atoms with Crippen molar-refractivity contribution in [2.24, 2.45) is 0 Å². The van der Waals surface area contributed by atoms with Crippen LogP contribution in [0.4, 0.5) is 5.69 Å². The first-order valence-electron chi connectivity index (χ1n) is 10.7. The number of benzene rings is 3. The van der Waals surface area contributed by atoms with E-state index < -0.39 is 0 Å². The van der Waals surface area contributed by atoms with Crippen LogP contribution in [0.2, 0.25) is 0 Å². The molecule has 0 fully saturated rings. The van der Waals surface area contributed by atoms with E-state index in [4.69, 9.17) is 14.2 Å². The number of amides is 1. The summed E-state index contributed by atoms with van der Waals surface area (Å²) >= 11 is 0. The van der Waals surface area contributed by atoms with Crippen LogP contribution >= 0.6 is 0 Å². The first kappa shape index (κ1) is 22.9. The standard InChI is InChI=1S/C27H26N2O5/c1-17-10-11-22-18(12-17)13-20(26(30)28-22)16-29(21-8-6-5-7-9-21)27(31)19-14-23(32-2)25(34-4)24(15-19)33-3/h5-15H,16H2,1-4H3,(H,28,30). The van der Waals surface area contributed by atoms with Gasteiger partial charge in [-0.1, -0.05) is 29.8 Å². The van der Waals surface area contributed by atoms with E-state index in [2.05, 4.69) is 4.98 Å². The summed E-state index contributed by atoms with van der Waals surface area (Å²) in [6.45, 7) is 2.08. The number of aromatic nitrogens is 1. The fourth-order valence-corrected chi connectivity index (χ4v) is 3.91. The average molecular weight is 459 g/mol. The molecule has 1 heterocycles. The van der Waals surface area contributed by atoms with Crippen LogP contribution in [0.5, 0.6) is 17.2 Å². The van der Waals surface area contributed by atoms with Gasteiger partial charge in [0.05, 0.1) is 27.9 Å². The van der Waals surface area contributed by atoms with Gasteiger partial charge in [-0.15, -0.1) is 0 Å². The van der Waals surface area contributed by atoms with Crippen molar-refractivity contribution in [3.05, 3.63) is 93.8 Å². The summed E-state index contributed by atoms with van der Waals surface area (Å²) in [5.41, 5.74) is 3.06. The van der Waals surface area contributed by atoms with E-state index in [0.717, 1.165) is 16.5 Å². The molecule has 0 aliphatic heterocycles. The van der Waals surface area contributed by atoms with Gasteiger partial charge in [-0.05, 0) is 54.8 Å². The Morgan fingerprint density at radius 2 is 1.56 bits per heavy atom. The second-order valence-electron chi connectivity index (χ2n) is 7.86. The minimum Gasteiger partial charge on any atom is -0.493 e. The molecule has 0 saturated heterocycles. The molecule has 1 N–H and O–H groups in total. The lowest BCUT2D eigenvalue weighted by atomic mass is 10.1. The molecular formula is C27H26N2O5. The van der Waals surface area contributed by atoms with Crippen LogP contribution in [0.25, 0.3) is 10.9 Å². The van der Waals surface area contributed by atoms with Gasteiger partial charge >= 0.3 is 0 Å². The third-order valence-electron chi connectivity index (χ3n) is 5.63.